The standard InChI is InChI=1S/2C8H7.W/c2*1-7(2)8-5-3-4-6-8;/h2*7H,1-2H3;. The van der Waals surface area contributed by atoms with E-state index in [0.29, 0.717) is 11.8 Å². The van der Waals surface area contributed by atoms with Crippen molar-refractivity contribution in [3.63, 3.8) is 0 Å². The summed E-state index contributed by atoms with van der Waals surface area (Å²) in [6.45, 7) is 8.40. The fourth-order valence-corrected chi connectivity index (χ4v) is 1.03. The predicted molar refractivity (Wildman–Crippen MR) is 62.1 cm³/mol. The molecular formula is C16H14W. The quantitative estimate of drug-likeness (QED) is 0.680. The first-order valence-electron chi connectivity index (χ1n) is 5.39. The van der Waals surface area contributed by atoms with Gasteiger partial charge >= 0.3 is 0 Å². The summed E-state index contributed by atoms with van der Waals surface area (Å²) in [6.07, 6.45) is 22.4. The van der Waals surface area contributed by atoms with Crippen LogP contribution < -0.4 is 0 Å². The van der Waals surface area contributed by atoms with Crippen LogP contribution in [-0.4, -0.2) is 0 Å². The Morgan fingerprint density at radius 1 is 0.588 bits per heavy atom. The maximum Gasteiger partial charge on any atom is 0 e. The minimum absolute atomic E-state index is 0. The van der Waals surface area contributed by atoms with Crippen LogP contribution in [0.2, 0.25) is 0 Å². The van der Waals surface area contributed by atoms with Crippen molar-refractivity contribution in [1.29, 1.82) is 0 Å². The molecule has 2 aliphatic rings. The van der Waals surface area contributed by atoms with Gasteiger partial charge in [0.15, 0.2) is 0 Å². The Morgan fingerprint density at radius 2 is 0.824 bits per heavy atom. The molecule has 0 aliphatic heterocycles. The summed E-state index contributed by atoms with van der Waals surface area (Å²) in [6, 6.07) is 0. The Balaban J connectivity index is 0.000000284. The van der Waals surface area contributed by atoms with E-state index in [4.69, 9.17) is 0 Å². The Morgan fingerprint density at radius 3 is 0.941 bits per heavy atom. The molecule has 0 saturated heterocycles. The van der Waals surface area contributed by atoms with Crippen LogP contribution in [0.5, 0.6) is 0 Å². The summed E-state index contributed by atoms with van der Waals surface area (Å²) >= 11 is 0. The molecule has 84 valence electrons. The minimum Gasteiger partial charge on any atom is -0.0622 e. The average Bonchev–Trinajstić information content (AvgIpc) is 2.93. The minimum atomic E-state index is 0. The first-order chi connectivity index (χ1) is 7.61. The zero-order valence-corrected chi connectivity index (χ0v) is 13.5. The molecule has 0 N–H and O–H groups in total. The third kappa shape index (κ3) is 6.99. The number of rotatable bonds is 2. The molecular weight excluding hydrogens is 376 g/mol. The molecule has 17 heavy (non-hydrogen) atoms. The van der Waals surface area contributed by atoms with Gasteiger partial charge in [-0.25, -0.2) is 0 Å². The molecule has 0 aromatic heterocycles. The van der Waals surface area contributed by atoms with Gasteiger partial charge in [0.2, 0.25) is 0 Å². The van der Waals surface area contributed by atoms with Crippen molar-refractivity contribution in [1.82, 2.24) is 0 Å². The van der Waals surface area contributed by atoms with Gasteiger partial charge in [-0.15, -0.1) is 0 Å². The summed E-state index contributed by atoms with van der Waals surface area (Å²) in [5.41, 5.74) is 0. The van der Waals surface area contributed by atoms with E-state index in [9.17, 15) is 0 Å². The summed E-state index contributed by atoms with van der Waals surface area (Å²) in [4.78, 5) is 0. The Hall–Kier alpha value is 0.688. The van der Waals surface area contributed by atoms with Gasteiger partial charge in [0.25, 0.3) is 0 Å². The van der Waals surface area contributed by atoms with Crippen molar-refractivity contribution in [2.45, 2.75) is 27.7 Å². The molecule has 18 radical (unpaired) electrons. The van der Waals surface area contributed by atoms with Gasteiger partial charge in [-0.1, -0.05) is 27.7 Å². The van der Waals surface area contributed by atoms with Gasteiger partial charge in [0.1, 0.15) is 0 Å². The molecule has 0 spiro atoms. The van der Waals surface area contributed by atoms with Gasteiger partial charge in [0.05, 0.1) is 0 Å². The summed E-state index contributed by atoms with van der Waals surface area (Å²) in [5, 5.41) is 0. The topological polar surface area (TPSA) is 0 Å². The largest absolute Gasteiger partial charge is 0.0622 e. The van der Waals surface area contributed by atoms with E-state index in [0.717, 1.165) is 11.8 Å². The Bertz CT molecular complexity index is 142. The van der Waals surface area contributed by atoms with Crippen molar-refractivity contribution in [3.8, 4) is 0 Å². The monoisotopic (exact) mass is 390 g/mol. The third-order valence-corrected chi connectivity index (χ3v) is 2.07. The Labute approximate surface area is 124 Å². The van der Waals surface area contributed by atoms with Crippen LogP contribution in [0.15, 0.2) is 0 Å². The van der Waals surface area contributed by atoms with Gasteiger partial charge in [0, 0.05) is 21.1 Å². The molecule has 0 nitrogen and oxygen atoms in total. The zero-order chi connectivity index (χ0) is 12.0. The second-order valence-electron chi connectivity index (χ2n) is 4.14. The van der Waals surface area contributed by atoms with Crippen LogP contribution >= 0.6 is 0 Å². The van der Waals surface area contributed by atoms with Crippen molar-refractivity contribution in [2.24, 2.45) is 11.8 Å². The van der Waals surface area contributed by atoms with Crippen molar-refractivity contribution in [3.05, 3.63) is 63.2 Å². The fourth-order valence-electron chi connectivity index (χ4n) is 1.03. The molecule has 2 fully saturated rings. The van der Waals surface area contributed by atoms with Crippen LogP contribution in [0.1, 0.15) is 27.7 Å². The van der Waals surface area contributed by atoms with Crippen LogP contribution in [0.25, 0.3) is 0 Å². The maximum atomic E-state index is 2.90. The normalized spacial score (nSPS) is 21.5. The summed E-state index contributed by atoms with van der Waals surface area (Å²) < 4.78 is 0. The fraction of sp³-hybridized carbons (Fsp3) is 0.375. The molecule has 2 saturated carbocycles. The molecule has 1 heteroatoms. The van der Waals surface area contributed by atoms with Crippen molar-refractivity contribution in [2.75, 3.05) is 0 Å². The van der Waals surface area contributed by atoms with Crippen LogP contribution in [0.3, 0.4) is 0 Å². The van der Waals surface area contributed by atoms with E-state index >= 15 is 0 Å². The molecule has 2 aliphatic carbocycles. The first kappa shape index (κ1) is 17.7. The first-order valence-corrected chi connectivity index (χ1v) is 5.39. The van der Waals surface area contributed by atoms with E-state index in [1.54, 1.807) is 0 Å². The molecule has 0 heterocycles. The van der Waals surface area contributed by atoms with Gasteiger partial charge in [-0.05, 0) is 75.0 Å². The van der Waals surface area contributed by atoms with Crippen LogP contribution in [0.4, 0.5) is 0 Å². The molecule has 0 aromatic carbocycles. The summed E-state index contributed by atoms with van der Waals surface area (Å²) in [5.74, 6) is 3.17. The molecule has 0 atom stereocenters. The van der Waals surface area contributed by atoms with Crippen LogP contribution in [0, 0.1) is 75.0 Å². The van der Waals surface area contributed by atoms with E-state index in [1.165, 1.54) is 0 Å². The second-order valence-corrected chi connectivity index (χ2v) is 4.14. The predicted octanol–water partition coefficient (Wildman–Crippen LogP) is 3.11. The number of hydrogen-bond acceptors (Lipinski definition) is 0. The molecule has 2 rings (SSSR count). The van der Waals surface area contributed by atoms with E-state index in [-0.39, 0.29) is 21.1 Å². The van der Waals surface area contributed by atoms with E-state index < -0.39 is 0 Å². The molecule has 0 amide bonds. The SMILES string of the molecule is CC(C)[C]1[C][C][C][C]1.CC(C)[C]1[C][C][C][C]1.[W]. The molecule has 0 bridgehead atoms. The van der Waals surface area contributed by atoms with Crippen LogP contribution in [-0.2, 0) is 21.1 Å². The Kier molecular flexibility index (Phi) is 9.99. The van der Waals surface area contributed by atoms with Gasteiger partial charge < -0.3 is 0 Å². The number of hydrogen-bond donors (Lipinski definition) is 0. The maximum absolute atomic E-state index is 2.90. The van der Waals surface area contributed by atoms with E-state index in [1.807, 2.05) is 0 Å². The zero-order valence-electron chi connectivity index (χ0n) is 10.6. The molecule has 0 unspecified atom stereocenters. The van der Waals surface area contributed by atoms with Gasteiger partial charge in [-0.3, -0.25) is 0 Å². The van der Waals surface area contributed by atoms with E-state index in [2.05, 4.69) is 79.1 Å². The summed E-state index contributed by atoms with van der Waals surface area (Å²) in [7, 11) is 0. The average molecular weight is 390 g/mol. The third-order valence-electron chi connectivity index (χ3n) is 2.07. The van der Waals surface area contributed by atoms with Crippen molar-refractivity contribution >= 4 is 0 Å². The van der Waals surface area contributed by atoms with Gasteiger partial charge in [-0.2, -0.15) is 0 Å². The second kappa shape index (κ2) is 9.60. The smallest absolute Gasteiger partial charge is 0 e. The molecule has 0 aromatic rings. The van der Waals surface area contributed by atoms with Crippen molar-refractivity contribution < 1.29 is 21.1 Å².